The molecule has 0 aliphatic carbocycles. The molecule has 3 aromatic rings. The van der Waals surface area contributed by atoms with Crippen LogP contribution in [-0.2, 0) is 4.74 Å². The van der Waals surface area contributed by atoms with E-state index >= 15 is 0 Å². The fraction of sp³-hybridized carbons (Fsp3) is 0.0556. The van der Waals surface area contributed by atoms with E-state index in [9.17, 15) is 9.59 Å². The largest absolute Gasteiger partial charge is 0.465 e. The number of nitrogens with zero attached hydrogens (tertiary/aromatic N) is 1. The highest BCUT2D eigenvalue weighted by Crippen LogP contribution is 2.23. The molecule has 0 aliphatic rings. The lowest BCUT2D eigenvalue weighted by Crippen LogP contribution is -2.13. The van der Waals surface area contributed by atoms with Crippen LogP contribution in [0.1, 0.15) is 20.8 Å². The minimum atomic E-state index is -0.434. The summed E-state index contributed by atoms with van der Waals surface area (Å²) in [6.45, 7) is 0. The molecule has 24 heavy (non-hydrogen) atoms. The van der Waals surface area contributed by atoms with Crippen molar-refractivity contribution in [2.75, 3.05) is 12.4 Å². The van der Waals surface area contributed by atoms with E-state index in [0.29, 0.717) is 17.0 Å². The Morgan fingerprint density at radius 1 is 1.04 bits per heavy atom. The monoisotopic (exact) mass is 322 g/mol. The number of carbonyl (C=O) groups is 2. The van der Waals surface area contributed by atoms with Crippen molar-refractivity contribution >= 4 is 17.6 Å². The number of amides is 1. The van der Waals surface area contributed by atoms with Crippen LogP contribution in [0.15, 0.2) is 65.4 Å². The maximum Gasteiger partial charge on any atom is 0.337 e. The summed E-state index contributed by atoms with van der Waals surface area (Å²) in [5, 5.41) is 2.73. The number of hydrogen-bond acceptors (Lipinski definition) is 5. The zero-order valence-electron chi connectivity index (χ0n) is 12.9. The van der Waals surface area contributed by atoms with Crippen LogP contribution in [0, 0.1) is 0 Å². The second-order valence-electron chi connectivity index (χ2n) is 4.92. The van der Waals surface area contributed by atoms with Crippen molar-refractivity contribution in [2.24, 2.45) is 0 Å². The minimum absolute atomic E-state index is 0.193. The fourth-order valence-corrected chi connectivity index (χ4v) is 2.20. The average molecular weight is 322 g/mol. The van der Waals surface area contributed by atoms with Gasteiger partial charge in [-0.3, -0.25) is 4.79 Å². The Kier molecular flexibility index (Phi) is 4.38. The standard InChI is InChI=1S/C18H14N2O4/c1-23-18(22)13-7-9-14(10-8-13)20-17(21)15-16(24-11-19-15)12-5-3-2-4-6-12/h2-11H,1H3,(H,20,21). The van der Waals surface area contributed by atoms with Gasteiger partial charge < -0.3 is 14.5 Å². The van der Waals surface area contributed by atoms with Gasteiger partial charge in [0.15, 0.2) is 17.8 Å². The molecular weight excluding hydrogens is 308 g/mol. The molecule has 3 rings (SSSR count). The highest BCUT2D eigenvalue weighted by Gasteiger charge is 2.18. The first-order valence-electron chi connectivity index (χ1n) is 7.17. The van der Waals surface area contributed by atoms with Crippen molar-refractivity contribution in [1.82, 2.24) is 4.98 Å². The Bertz CT molecular complexity index is 854. The summed E-state index contributed by atoms with van der Waals surface area (Å²) < 4.78 is 9.97. The quantitative estimate of drug-likeness (QED) is 0.745. The smallest absolute Gasteiger partial charge is 0.337 e. The van der Waals surface area contributed by atoms with Crippen LogP contribution in [0.5, 0.6) is 0 Å². The number of ether oxygens (including phenoxy) is 1. The third-order valence-electron chi connectivity index (χ3n) is 3.38. The van der Waals surface area contributed by atoms with Crippen LogP contribution < -0.4 is 5.32 Å². The van der Waals surface area contributed by atoms with Gasteiger partial charge in [-0.2, -0.15) is 0 Å². The molecule has 0 saturated carbocycles. The van der Waals surface area contributed by atoms with E-state index in [-0.39, 0.29) is 5.69 Å². The highest BCUT2D eigenvalue weighted by atomic mass is 16.5. The molecule has 0 radical (unpaired) electrons. The molecule has 0 unspecified atom stereocenters. The van der Waals surface area contributed by atoms with E-state index in [1.165, 1.54) is 13.5 Å². The Morgan fingerprint density at radius 3 is 2.42 bits per heavy atom. The second-order valence-corrected chi connectivity index (χ2v) is 4.92. The molecule has 0 atom stereocenters. The van der Waals surface area contributed by atoms with Gasteiger partial charge in [-0.1, -0.05) is 30.3 Å². The Morgan fingerprint density at radius 2 is 1.75 bits per heavy atom. The van der Waals surface area contributed by atoms with Crippen LogP contribution in [0.3, 0.4) is 0 Å². The van der Waals surface area contributed by atoms with Gasteiger partial charge in [0.2, 0.25) is 0 Å². The van der Waals surface area contributed by atoms with Gasteiger partial charge in [0, 0.05) is 11.3 Å². The molecule has 6 heteroatoms. The topological polar surface area (TPSA) is 81.4 Å². The number of rotatable bonds is 4. The minimum Gasteiger partial charge on any atom is -0.465 e. The normalized spacial score (nSPS) is 10.2. The number of carbonyl (C=O) groups excluding carboxylic acids is 2. The molecular formula is C18H14N2O4. The van der Waals surface area contributed by atoms with Crippen LogP contribution >= 0.6 is 0 Å². The molecule has 0 bridgehead atoms. The number of oxazole rings is 1. The van der Waals surface area contributed by atoms with Gasteiger partial charge in [-0.05, 0) is 24.3 Å². The summed E-state index contributed by atoms with van der Waals surface area (Å²) in [7, 11) is 1.31. The predicted molar refractivity (Wildman–Crippen MR) is 87.7 cm³/mol. The second kappa shape index (κ2) is 6.78. The molecule has 0 fully saturated rings. The first kappa shape index (κ1) is 15.5. The number of aromatic nitrogens is 1. The first-order chi connectivity index (χ1) is 11.7. The number of methoxy groups -OCH3 is 1. The first-order valence-corrected chi connectivity index (χ1v) is 7.17. The van der Waals surface area contributed by atoms with E-state index in [1.54, 1.807) is 24.3 Å². The summed E-state index contributed by atoms with van der Waals surface area (Å²) in [5.41, 5.74) is 1.90. The lowest BCUT2D eigenvalue weighted by atomic mass is 10.1. The molecule has 1 heterocycles. The van der Waals surface area contributed by atoms with Crippen LogP contribution in [-0.4, -0.2) is 24.0 Å². The van der Waals surface area contributed by atoms with Gasteiger partial charge in [0.25, 0.3) is 5.91 Å². The molecule has 2 aromatic carbocycles. The summed E-state index contributed by atoms with van der Waals surface area (Å²) in [5.74, 6) is -0.427. The third-order valence-corrected chi connectivity index (χ3v) is 3.38. The van der Waals surface area contributed by atoms with Gasteiger partial charge >= 0.3 is 5.97 Å². The Balaban J connectivity index is 1.79. The molecule has 0 saturated heterocycles. The van der Waals surface area contributed by atoms with E-state index in [1.807, 2.05) is 30.3 Å². The van der Waals surface area contributed by atoms with E-state index in [0.717, 1.165) is 5.56 Å². The SMILES string of the molecule is COC(=O)c1ccc(NC(=O)c2ncoc2-c2ccccc2)cc1. The summed E-state index contributed by atoms with van der Waals surface area (Å²) in [6.07, 6.45) is 1.23. The number of hydrogen-bond donors (Lipinski definition) is 1. The van der Waals surface area contributed by atoms with E-state index in [4.69, 9.17) is 4.42 Å². The van der Waals surface area contributed by atoms with Crippen molar-refractivity contribution in [3.63, 3.8) is 0 Å². The van der Waals surface area contributed by atoms with Crippen LogP contribution in [0.2, 0.25) is 0 Å². The maximum atomic E-state index is 12.4. The van der Waals surface area contributed by atoms with Crippen molar-refractivity contribution in [3.05, 3.63) is 72.2 Å². The molecule has 1 amide bonds. The zero-order valence-corrected chi connectivity index (χ0v) is 12.9. The van der Waals surface area contributed by atoms with Gasteiger partial charge in [0.05, 0.1) is 12.7 Å². The van der Waals surface area contributed by atoms with Gasteiger partial charge in [-0.15, -0.1) is 0 Å². The lowest BCUT2D eigenvalue weighted by Gasteiger charge is -2.05. The fourth-order valence-electron chi connectivity index (χ4n) is 2.20. The van der Waals surface area contributed by atoms with Crippen LogP contribution in [0.25, 0.3) is 11.3 Å². The molecule has 0 spiro atoms. The van der Waals surface area contributed by atoms with Crippen molar-refractivity contribution in [1.29, 1.82) is 0 Å². The highest BCUT2D eigenvalue weighted by molar-refractivity contribution is 6.06. The molecule has 0 aliphatic heterocycles. The number of esters is 1. The molecule has 1 N–H and O–H groups in total. The zero-order chi connectivity index (χ0) is 16.9. The summed E-state index contributed by atoms with van der Waals surface area (Å²) >= 11 is 0. The van der Waals surface area contributed by atoms with Crippen molar-refractivity contribution in [2.45, 2.75) is 0 Å². The summed E-state index contributed by atoms with van der Waals surface area (Å²) in [6, 6.07) is 15.6. The molecule has 120 valence electrons. The van der Waals surface area contributed by atoms with Crippen LogP contribution in [0.4, 0.5) is 5.69 Å². The van der Waals surface area contributed by atoms with E-state index in [2.05, 4.69) is 15.0 Å². The van der Waals surface area contributed by atoms with Gasteiger partial charge in [-0.25, -0.2) is 9.78 Å². The van der Waals surface area contributed by atoms with Crippen molar-refractivity contribution < 1.29 is 18.7 Å². The summed E-state index contributed by atoms with van der Waals surface area (Å²) in [4.78, 5) is 27.8. The number of anilines is 1. The average Bonchev–Trinajstić information content (AvgIpc) is 3.12. The Hall–Kier alpha value is -3.41. The maximum absolute atomic E-state index is 12.4. The predicted octanol–water partition coefficient (Wildman–Crippen LogP) is 3.38. The van der Waals surface area contributed by atoms with E-state index < -0.39 is 11.9 Å². The van der Waals surface area contributed by atoms with Gasteiger partial charge in [0.1, 0.15) is 0 Å². The number of nitrogens with one attached hydrogen (secondary N) is 1. The number of benzene rings is 2. The Labute approximate surface area is 138 Å². The van der Waals surface area contributed by atoms with Crippen molar-refractivity contribution in [3.8, 4) is 11.3 Å². The molecule has 1 aromatic heterocycles. The lowest BCUT2D eigenvalue weighted by molar-refractivity contribution is 0.0600. The third kappa shape index (κ3) is 3.17. The molecule has 6 nitrogen and oxygen atoms in total.